The van der Waals surface area contributed by atoms with Gasteiger partial charge in [-0.1, -0.05) is 6.23 Å². The van der Waals surface area contributed by atoms with Crippen molar-refractivity contribution in [3.63, 3.8) is 0 Å². The van der Waals surface area contributed by atoms with Gasteiger partial charge in [0, 0.05) is 0 Å². The predicted molar refractivity (Wildman–Crippen MR) is 34.9 cm³/mol. The van der Waals surface area contributed by atoms with Crippen molar-refractivity contribution in [2.75, 3.05) is 26.2 Å². The monoisotopic (exact) mass is 408 g/mol. The molecule has 10 heavy (non-hydrogen) atoms. The highest BCUT2D eigenvalue weighted by Crippen LogP contribution is 1.85. The highest BCUT2D eigenvalue weighted by Gasteiger charge is 2.31. The zero-order valence-electron chi connectivity index (χ0n) is 5.23. The summed E-state index contributed by atoms with van der Waals surface area (Å²) in [7, 11) is 11.5. The molecule has 60 valence electrons. The lowest BCUT2D eigenvalue weighted by molar-refractivity contribution is -0.722. The Balaban J connectivity index is 2.17. The number of nitrogens with zero attached hydrogens (tertiary/aromatic N) is 2. The Morgan fingerprint density at radius 3 is 1.30 bits per heavy atom. The fraction of sp³-hybridized carbons (Fsp3) is 1.00. The van der Waals surface area contributed by atoms with E-state index in [0.717, 1.165) is 26.2 Å². The van der Waals surface area contributed by atoms with Gasteiger partial charge in [-0.25, -0.2) is 0 Å². The minimum atomic E-state index is -0.190. The maximum Gasteiger partial charge on any atom is 0.530 e. The Hall–Kier alpha value is 1.96. The molecule has 0 aromatic heterocycles. The lowest BCUT2D eigenvalue weighted by Crippen LogP contribution is -3.63. The van der Waals surface area contributed by atoms with Gasteiger partial charge in [-0.3, -0.25) is 0 Å². The van der Waals surface area contributed by atoms with Gasteiger partial charge < -0.3 is 0 Å². The summed E-state index contributed by atoms with van der Waals surface area (Å²) in [6.45, 7) is 4.51. The van der Waals surface area contributed by atoms with E-state index in [1.165, 1.54) is 0 Å². The lowest BCUT2D eigenvalue weighted by Gasteiger charge is -2.16. The van der Waals surface area contributed by atoms with Crippen molar-refractivity contribution in [2.24, 2.45) is 0 Å². The normalized spacial score (nSPS) is 23.4. The summed E-state index contributed by atoms with van der Waals surface area (Å²) >= 11 is -0.381. The molecule has 2 nitrogen and oxygen atoms in total. The van der Waals surface area contributed by atoms with Crippen molar-refractivity contribution < 1.29 is 40.7 Å². The molecule has 1 saturated heterocycles. The number of rotatable bonds is 2. The first kappa shape index (κ1) is 10.0. The summed E-state index contributed by atoms with van der Waals surface area (Å²) in [4.78, 5) is 0. The van der Waals surface area contributed by atoms with Gasteiger partial charge in [0.15, 0.2) is 0 Å². The van der Waals surface area contributed by atoms with Crippen LogP contribution < -0.4 is 40.7 Å². The Morgan fingerprint density at radius 2 is 1.10 bits per heavy atom. The number of hydrogen-bond donors (Lipinski definition) is 0. The van der Waals surface area contributed by atoms with Crippen LogP contribution in [0.5, 0.6) is 0 Å². The largest absolute Gasteiger partial charge is 0.530 e. The van der Waals surface area contributed by atoms with E-state index in [0.29, 0.717) is 0 Å². The van der Waals surface area contributed by atoms with Crippen molar-refractivity contribution in [2.45, 2.75) is 0 Å². The Morgan fingerprint density at radius 1 is 0.800 bits per heavy atom. The van der Waals surface area contributed by atoms with Gasteiger partial charge in [0.2, 0.25) is 17.8 Å². The molecule has 0 aliphatic carbocycles. The molecule has 0 aromatic carbocycles. The number of piperazine rings is 1. The summed E-state index contributed by atoms with van der Waals surface area (Å²) in [6.07, 6.45) is 0. The van der Waals surface area contributed by atoms with Gasteiger partial charge in [0.1, 0.15) is 0 Å². The SMILES string of the molecule is Cl[I+]N1CCN([I+]Cl)CC1. The highest BCUT2D eigenvalue weighted by molar-refractivity contribution is 6.03. The van der Waals surface area contributed by atoms with Gasteiger partial charge in [-0.15, -0.1) is 0 Å². The van der Waals surface area contributed by atoms with E-state index in [4.69, 9.17) is 17.8 Å². The summed E-state index contributed by atoms with van der Waals surface area (Å²) < 4.78 is 4.68. The molecule has 0 saturated carbocycles. The second-order valence-electron chi connectivity index (χ2n) is 1.95. The van der Waals surface area contributed by atoms with E-state index in [1.54, 1.807) is 0 Å². The first-order valence-electron chi connectivity index (χ1n) is 2.89. The fourth-order valence-electron chi connectivity index (χ4n) is 0.785. The van der Waals surface area contributed by atoms with Crippen molar-refractivity contribution >= 4 is 17.8 Å². The van der Waals surface area contributed by atoms with Crippen LogP contribution in [0.3, 0.4) is 0 Å². The third-order valence-corrected chi connectivity index (χ3v) is 6.74. The summed E-state index contributed by atoms with van der Waals surface area (Å²) in [5.41, 5.74) is 0. The molecule has 1 aliphatic heterocycles. The third kappa shape index (κ3) is 3.14. The van der Waals surface area contributed by atoms with Gasteiger partial charge >= 0.3 is 40.7 Å². The fourth-order valence-corrected chi connectivity index (χ4v) is 4.09. The molecule has 0 amide bonds. The quantitative estimate of drug-likeness (QED) is 0.333. The second kappa shape index (κ2) is 5.58. The molecule has 0 spiro atoms. The molecule has 1 aliphatic rings. The van der Waals surface area contributed by atoms with Crippen LogP contribution in [-0.2, 0) is 0 Å². The van der Waals surface area contributed by atoms with Gasteiger partial charge in [-0.05, 0) is 0 Å². The van der Waals surface area contributed by atoms with E-state index in [1.807, 2.05) is 0 Å². The average molecular weight is 409 g/mol. The van der Waals surface area contributed by atoms with E-state index in [-0.39, 0.29) is 40.7 Å². The molecule has 0 atom stereocenters. The van der Waals surface area contributed by atoms with Crippen LogP contribution in [0.1, 0.15) is 0 Å². The first-order chi connectivity index (χ1) is 4.86. The molecule has 0 unspecified atom stereocenters. The van der Waals surface area contributed by atoms with Crippen LogP contribution in [0.4, 0.5) is 0 Å². The van der Waals surface area contributed by atoms with Crippen LogP contribution in [0.2, 0.25) is 0 Å². The standard InChI is InChI=1S/C4H8Cl2I2N2/c5-7-9-1-2-10(8-6)4-3-9/h1-4H2/q+2. The zero-order valence-corrected chi connectivity index (χ0v) is 11.1. The van der Waals surface area contributed by atoms with Gasteiger partial charge in [0.25, 0.3) is 0 Å². The van der Waals surface area contributed by atoms with Gasteiger partial charge in [-0.2, -0.15) is 0 Å². The molecule has 1 rings (SSSR count). The van der Waals surface area contributed by atoms with Crippen LogP contribution in [0, 0.1) is 0 Å². The Labute approximate surface area is 89.9 Å². The molecular formula is C4H8Cl2I2N2+2. The van der Waals surface area contributed by atoms with Crippen molar-refractivity contribution in [3.8, 4) is 0 Å². The first-order valence-corrected chi connectivity index (χ1v) is 10.3. The molecule has 0 aromatic rings. The van der Waals surface area contributed by atoms with Crippen molar-refractivity contribution in [3.05, 3.63) is 0 Å². The van der Waals surface area contributed by atoms with E-state index in [2.05, 4.69) is 6.23 Å². The highest BCUT2D eigenvalue weighted by atomic mass is 127. The molecule has 0 bridgehead atoms. The summed E-state index contributed by atoms with van der Waals surface area (Å²) in [6, 6.07) is 0. The van der Waals surface area contributed by atoms with Crippen LogP contribution in [0.15, 0.2) is 0 Å². The summed E-state index contributed by atoms with van der Waals surface area (Å²) in [5.74, 6) is 0. The smallest absolute Gasteiger partial charge is 0.0772 e. The maximum atomic E-state index is 5.76. The van der Waals surface area contributed by atoms with Crippen LogP contribution in [0.25, 0.3) is 0 Å². The van der Waals surface area contributed by atoms with Gasteiger partial charge in [0.05, 0.1) is 26.2 Å². The number of hydrogen-bond acceptors (Lipinski definition) is 2. The minimum Gasteiger partial charge on any atom is -0.0772 e. The molecule has 6 heteroatoms. The Bertz CT molecular complexity index is 85.3. The molecule has 1 heterocycles. The maximum absolute atomic E-state index is 5.76. The van der Waals surface area contributed by atoms with Crippen LogP contribution in [-0.4, -0.2) is 32.4 Å². The van der Waals surface area contributed by atoms with Crippen molar-refractivity contribution in [1.29, 1.82) is 0 Å². The predicted octanol–water partition coefficient (Wildman–Crippen LogP) is -5.08. The molecular weight excluding hydrogens is 401 g/mol. The average Bonchev–Trinajstić information content (AvgIpc) is 2.05. The molecule has 0 N–H and O–H groups in total. The van der Waals surface area contributed by atoms with E-state index < -0.39 is 0 Å². The van der Waals surface area contributed by atoms with Crippen molar-refractivity contribution in [1.82, 2.24) is 6.23 Å². The zero-order chi connectivity index (χ0) is 7.40. The molecule has 1 fully saturated rings. The third-order valence-electron chi connectivity index (χ3n) is 1.35. The number of halogens is 4. The van der Waals surface area contributed by atoms with Crippen LogP contribution >= 0.6 is 17.8 Å². The van der Waals surface area contributed by atoms with E-state index in [9.17, 15) is 0 Å². The summed E-state index contributed by atoms with van der Waals surface area (Å²) in [5, 5.41) is 0. The second-order valence-corrected chi connectivity index (χ2v) is 7.12. The minimum absolute atomic E-state index is 0.190. The van der Waals surface area contributed by atoms with E-state index >= 15 is 0 Å². The lowest BCUT2D eigenvalue weighted by atomic mass is 10.4. The molecule has 0 radical (unpaired) electrons. The topological polar surface area (TPSA) is 6.48 Å². The Kier molecular flexibility index (Phi) is 5.60.